The highest BCUT2D eigenvalue weighted by Crippen LogP contribution is 2.22. The molecule has 0 aliphatic carbocycles. The molecule has 0 radical (unpaired) electrons. The fourth-order valence-corrected chi connectivity index (χ4v) is 2.13. The van der Waals surface area contributed by atoms with E-state index in [1.54, 1.807) is 36.4 Å². The second-order valence-electron chi connectivity index (χ2n) is 5.55. The molecule has 1 aliphatic rings. The minimum atomic E-state index is -0.517. The molecule has 2 aromatic heterocycles. The van der Waals surface area contributed by atoms with Gasteiger partial charge >= 0.3 is 0 Å². The molecular weight excluding hydrogens is 364 g/mol. The Morgan fingerprint density at radius 3 is 2.28 bits per heavy atom. The van der Waals surface area contributed by atoms with E-state index in [9.17, 15) is 0 Å². The predicted molar refractivity (Wildman–Crippen MR) is 103 cm³/mol. The fourth-order valence-electron chi connectivity index (χ4n) is 1.96. The summed E-state index contributed by atoms with van der Waals surface area (Å²) in [5.41, 5.74) is 10.8. The maximum absolute atomic E-state index is 5.59. The third kappa shape index (κ3) is 7.78. The van der Waals surface area contributed by atoms with Crippen LogP contribution in [0.15, 0.2) is 36.4 Å². The zero-order valence-corrected chi connectivity index (χ0v) is 15.9. The second kappa shape index (κ2) is 9.67. The van der Waals surface area contributed by atoms with Crippen LogP contribution in [0.25, 0.3) is 0 Å². The standard InChI is InChI=1S/C11H16N2O3.C5H5ClN2.H2S/c1-11(2)15-7-8(16-11)6-14-10-5-3-4-9(12)13-10;6-4-2-1-3-5(7)8-4;/h3-5,8H,6-7H2,1-2H3,(H2,12,13);1-3H,(H2,7,8);1H2/t8-;;/m0../s1. The van der Waals surface area contributed by atoms with Crippen LogP contribution in [0.1, 0.15) is 13.8 Å². The normalized spacial score (nSPS) is 17.8. The minimum Gasteiger partial charge on any atom is -0.475 e. The summed E-state index contributed by atoms with van der Waals surface area (Å²) in [4.78, 5) is 7.75. The summed E-state index contributed by atoms with van der Waals surface area (Å²) in [5, 5.41) is 0.435. The molecule has 3 heterocycles. The lowest BCUT2D eigenvalue weighted by Crippen LogP contribution is -2.25. The van der Waals surface area contributed by atoms with Gasteiger partial charge in [0.05, 0.1) is 6.61 Å². The van der Waals surface area contributed by atoms with Crippen LogP contribution in [0.5, 0.6) is 5.88 Å². The lowest BCUT2D eigenvalue weighted by atomic mass is 10.4. The van der Waals surface area contributed by atoms with Crippen molar-refractivity contribution < 1.29 is 14.2 Å². The van der Waals surface area contributed by atoms with Crippen molar-refractivity contribution in [3.05, 3.63) is 41.6 Å². The van der Waals surface area contributed by atoms with Gasteiger partial charge in [0.1, 0.15) is 29.5 Å². The minimum absolute atomic E-state index is 0. The molecule has 1 fully saturated rings. The van der Waals surface area contributed by atoms with Crippen molar-refractivity contribution in [1.82, 2.24) is 9.97 Å². The Morgan fingerprint density at radius 1 is 1.16 bits per heavy atom. The molecule has 25 heavy (non-hydrogen) atoms. The predicted octanol–water partition coefficient (Wildman–Crippen LogP) is 2.62. The number of nitrogen functional groups attached to an aromatic ring is 2. The van der Waals surface area contributed by atoms with Crippen molar-refractivity contribution in [2.24, 2.45) is 0 Å². The molecule has 1 saturated heterocycles. The van der Waals surface area contributed by atoms with Gasteiger partial charge in [0, 0.05) is 6.07 Å². The van der Waals surface area contributed by atoms with Crippen LogP contribution in [-0.4, -0.2) is 35.1 Å². The molecule has 7 nitrogen and oxygen atoms in total. The van der Waals surface area contributed by atoms with Crippen molar-refractivity contribution >= 4 is 36.7 Å². The molecule has 2 aromatic rings. The molecule has 1 aliphatic heterocycles. The first-order valence-electron chi connectivity index (χ1n) is 7.39. The zero-order valence-electron chi connectivity index (χ0n) is 14.1. The number of nitrogens with two attached hydrogens (primary N) is 2. The maximum Gasteiger partial charge on any atom is 0.215 e. The van der Waals surface area contributed by atoms with Crippen molar-refractivity contribution in [2.75, 3.05) is 24.7 Å². The second-order valence-corrected chi connectivity index (χ2v) is 5.93. The Morgan fingerprint density at radius 2 is 1.80 bits per heavy atom. The van der Waals surface area contributed by atoms with Crippen LogP contribution in [0, 0.1) is 0 Å². The lowest BCUT2D eigenvalue weighted by molar-refractivity contribution is -0.141. The number of aromatic nitrogens is 2. The maximum atomic E-state index is 5.59. The van der Waals surface area contributed by atoms with Gasteiger partial charge in [-0.2, -0.15) is 18.5 Å². The lowest BCUT2D eigenvalue weighted by Gasteiger charge is -2.17. The first-order chi connectivity index (χ1) is 11.3. The average molecular weight is 387 g/mol. The average Bonchev–Trinajstić information content (AvgIpc) is 2.85. The Labute approximate surface area is 159 Å². The summed E-state index contributed by atoms with van der Waals surface area (Å²) in [7, 11) is 0. The van der Waals surface area contributed by atoms with E-state index < -0.39 is 5.79 Å². The number of halogens is 1. The van der Waals surface area contributed by atoms with Crippen LogP contribution >= 0.6 is 25.1 Å². The third-order valence-electron chi connectivity index (χ3n) is 2.97. The van der Waals surface area contributed by atoms with Gasteiger partial charge in [-0.25, -0.2) is 4.98 Å². The summed E-state index contributed by atoms with van der Waals surface area (Å²) in [6.07, 6.45) is -0.0572. The monoisotopic (exact) mass is 386 g/mol. The van der Waals surface area contributed by atoms with Crippen LogP contribution in [0.3, 0.4) is 0 Å². The van der Waals surface area contributed by atoms with E-state index in [2.05, 4.69) is 9.97 Å². The summed E-state index contributed by atoms with van der Waals surface area (Å²) in [6.45, 7) is 4.71. The molecule has 138 valence electrons. The molecule has 1 atom stereocenters. The van der Waals surface area contributed by atoms with Crippen LogP contribution in [-0.2, 0) is 9.47 Å². The summed E-state index contributed by atoms with van der Waals surface area (Å²) < 4.78 is 16.5. The van der Waals surface area contributed by atoms with E-state index in [-0.39, 0.29) is 19.6 Å². The highest BCUT2D eigenvalue weighted by atomic mass is 35.5. The number of ether oxygens (including phenoxy) is 3. The first-order valence-corrected chi connectivity index (χ1v) is 7.77. The molecule has 9 heteroatoms. The van der Waals surface area contributed by atoms with Gasteiger partial charge in [0.25, 0.3) is 0 Å². The Balaban J connectivity index is 0.000000295. The number of nitrogens with zero attached hydrogens (tertiary/aromatic N) is 2. The van der Waals surface area contributed by atoms with Gasteiger partial charge in [-0.3, -0.25) is 0 Å². The van der Waals surface area contributed by atoms with Gasteiger partial charge < -0.3 is 25.7 Å². The molecule has 0 saturated carbocycles. The number of anilines is 2. The Hall–Kier alpha value is -1.74. The van der Waals surface area contributed by atoms with E-state index in [0.29, 0.717) is 35.9 Å². The third-order valence-corrected chi connectivity index (χ3v) is 3.18. The topological polar surface area (TPSA) is 106 Å². The van der Waals surface area contributed by atoms with Gasteiger partial charge in [-0.1, -0.05) is 23.7 Å². The smallest absolute Gasteiger partial charge is 0.215 e. The molecule has 3 rings (SSSR count). The van der Waals surface area contributed by atoms with E-state index in [4.69, 9.17) is 37.3 Å². The number of pyridine rings is 2. The number of hydrogen-bond acceptors (Lipinski definition) is 7. The Kier molecular flexibility index (Phi) is 8.24. The van der Waals surface area contributed by atoms with E-state index in [0.717, 1.165) is 0 Å². The van der Waals surface area contributed by atoms with Gasteiger partial charge in [0.15, 0.2) is 5.79 Å². The van der Waals surface area contributed by atoms with Crippen LogP contribution in [0.4, 0.5) is 11.6 Å². The van der Waals surface area contributed by atoms with Crippen LogP contribution in [0.2, 0.25) is 5.15 Å². The molecule has 0 aromatic carbocycles. The molecule has 0 spiro atoms. The van der Waals surface area contributed by atoms with Crippen molar-refractivity contribution in [3.8, 4) is 5.88 Å². The van der Waals surface area contributed by atoms with Crippen LogP contribution < -0.4 is 16.2 Å². The SMILES string of the molecule is CC1(C)OC[C@H](COc2cccc(N)n2)O1.Nc1cccc(Cl)n1.S. The number of hydrogen-bond donors (Lipinski definition) is 2. The summed E-state index contributed by atoms with van der Waals surface area (Å²) >= 11 is 5.45. The molecule has 0 bridgehead atoms. The summed E-state index contributed by atoms with van der Waals surface area (Å²) in [5.74, 6) is 0.893. The van der Waals surface area contributed by atoms with Gasteiger partial charge in [-0.05, 0) is 32.0 Å². The quantitative estimate of drug-likeness (QED) is 0.781. The molecule has 0 amide bonds. The van der Waals surface area contributed by atoms with Crippen molar-refractivity contribution in [3.63, 3.8) is 0 Å². The molecule has 4 N–H and O–H groups in total. The first kappa shape index (κ1) is 21.3. The summed E-state index contributed by atoms with van der Waals surface area (Å²) in [6, 6.07) is 10.4. The van der Waals surface area contributed by atoms with E-state index in [1.165, 1.54) is 0 Å². The van der Waals surface area contributed by atoms with Crippen molar-refractivity contribution in [2.45, 2.75) is 25.7 Å². The van der Waals surface area contributed by atoms with Gasteiger partial charge in [-0.15, -0.1) is 0 Å². The highest BCUT2D eigenvalue weighted by Gasteiger charge is 2.32. The van der Waals surface area contributed by atoms with E-state index in [1.807, 2.05) is 13.8 Å². The van der Waals surface area contributed by atoms with Crippen molar-refractivity contribution in [1.29, 1.82) is 0 Å². The largest absolute Gasteiger partial charge is 0.475 e. The number of rotatable bonds is 3. The Bertz CT molecular complexity index is 658. The highest BCUT2D eigenvalue weighted by molar-refractivity contribution is 7.59. The zero-order chi connectivity index (χ0) is 17.6. The fraction of sp³-hybridized carbons (Fsp3) is 0.375. The molecule has 0 unspecified atom stereocenters. The van der Waals surface area contributed by atoms with Gasteiger partial charge in [0.2, 0.25) is 5.88 Å². The van der Waals surface area contributed by atoms with E-state index >= 15 is 0 Å². The molecular formula is C16H23ClN4O3S.